The highest BCUT2D eigenvalue weighted by atomic mass is 15.5. The third kappa shape index (κ3) is 1.79. The molecule has 1 N–H and O–H groups in total. The lowest BCUT2D eigenvalue weighted by molar-refractivity contribution is 0.296. The zero-order valence-corrected chi connectivity index (χ0v) is 7.41. The van der Waals surface area contributed by atoms with Crippen molar-refractivity contribution in [3.63, 3.8) is 0 Å². The fourth-order valence-electron chi connectivity index (χ4n) is 1.16. The van der Waals surface area contributed by atoms with Crippen LogP contribution >= 0.6 is 0 Å². The summed E-state index contributed by atoms with van der Waals surface area (Å²) in [5.41, 5.74) is 1.10. The van der Waals surface area contributed by atoms with Crippen LogP contribution < -0.4 is 5.32 Å². The van der Waals surface area contributed by atoms with Crippen LogP contribution in [0.4, 0.5) is 0 Å². The molecule has 1 rings (SSSR count). The third-order valence-electron chi connectivity index (χ3n) is 1.60. The maximum absolute atomic E-state index is 5.22. The summed E-state index contributed by atoms with van der Waals surface area (Å²) in [5.74, 6) is 2.61. The SMILES string of the molecule is C#CCC1NC(C)=CN1/N=C\C. The number of hydrogen-bond donors (Lipinski definition) is 1. The second kappa shape index (κ2) is 3.82. The Hall–Kier alpha value is -1.43. The first-order valence-corrected chi connectivity index (χ1v) is 3.93. The van der Waals surface area contributed by atoms with E-state index in [1.807, 2.05) is 25.1 Å². The van der Waals surface area contributed by atoms with E-state index in [9.17, 15) is 0 Å². The Balaban J connectivity index is 2.62. The molecular formula is C9H13N3. The van der Waals surface area contributed by atoms with Gasteiger partial charge in [0.1, 0.15) is 6.17 Å². The van der Waals surface area contributed by atoms with Gasteiger partial charge in [-0.15, -0.1) is 12.3 Å². The molecule has 1 unspecified atom stereocenters. The van der Waals surface area contributed by atoms with Gasteiger partial charge in [0.25, 0.3) is 0 Å². The van der Waals surface area contributed by atoms with Gasteiger partial charge in [0, 0.05) is 24.5 Å². The van der Waals surface area contributed by atoms with Crippen molar-refractivity contribution in [2.45, 2.75) is 26.4 Å². The van der Waals surface area contributed by atoms with E-state index in [1.165, 1.54) is 0 Å². The van der Waals surface area contributed by atoms with Gasteiger partial charge in [-0.1, -0.05) is 0 Å². The zero-order chi connectivity index (χ0) is 8.97. The fraction of sp³-hybridized carbons (Fsp3) is 0.444. The molecule has 0 aromatic heterocycles. The van der Waals surface area contributed by atoms with Gasteiger partial charge in [-0.05, 0) is 13.8 Å². The molecule has 0 aromatic rings. The molecule has 3 heteroatoms. The first-order valence-electron chi connectivity index (χ1n) is 3.93. The molecule has 0 amide bonds. The second-order valence-corrected chi connectivity index (χ2v) is 2.63. The molecule has 0 radical (unpaired) electrons. The highest BCUT2D eigenvalue weighted by Gasteiger charge is 2.19. The fourth-order valence-corrected chi connectivity index (χ4v) is 1.16. The van der Waals surface area contributed by atoms with Crippen molar-refractivity contribution in [2.24, 2.45) is 5.10 Å². The molecule has 64 valence electrons. The van der Waals surface area contributed by atoms with E-state index in [1.54, 1.807) is 6.21 Å². The molecular weight excluding hydrogens is 150 g/mol. The summed E-state index contributed by atoms with van der Waals surface area (Å²) in [4.78, 5) is 0. The summed E-state index contributed by atoms with van der Waals surface area (Å²) in [6.07, 6.45) is 9.71. The minimum atomic E-state index is 0.131. The van der Waals surface area contributed by atoms with Crippen LogP contribution in [0.15, 0.2) is 17.0 Å². The monoisotopic (exact) mass is 163 g/mol. The van der Waals surface area contributed by atoms with Gasteiger partial charge in [-0.25, -0.2) is 5.01 Å². The van der Waals surface area contributed by atoms with Crippen molar-refractivity contribution in [3.05, 3.63) is 11.9 Å². The van der Waals surface area contributed by atoms with Crippen molar-refractivity contribution in [3.8, 4) is 12.3 Å². The van der Waals surface area contributed by atoms with Crippen molar-refractivity contribution in [1.82, 2.24) is 10.3 Å². The number of hydrogen-bond acceptors (Lipinski definition) is 3. The van der Waals surface area contributed by atoms with Gasteiger partial charge in [-0.2, -0.15) is 5.10 Å². The standard InChI is InChI=1S/C9H13N3/c1-4-6-9-11-8(3)7-12(9)10-5-2/h1,5,7,9,11H,6H2,2-3H3/b10-5-. The summed E-state index contributed by atoms with van der Waals surface area (Å²) >= 11 is 0. The number of rotatable bonds is 2. The highest BCUT2D eigenvalue weighted by Crippen LogP contribution is 2.12. The minimum Gasteiger partial charge on any atom is -0.365 e. The molecule has 12 heavy (non-hydrogen) atoms. The van der Waals surface area contributed by atoms with E-state index in [4.69, 9.17) is 6.42 Å². The van der Waals surface area contributed by atoms with Crippen molar-refractivity contribution < 1.29 is 0 Å². The van der Waals surface area contributed by atoms with Gasteiger partial charge in [0.2, 0.25) is 0 Å². The zero-order valence-electron chi connectivity index (χ0n) is 7.41. The van der Waals surface area contributed by atoms with E-state index in [2.05, 4.69) is 16.3 Å². The summed E-state index contributed by atoms with van der Waals surface area (Å²) < 4.78 is 0. The first-order chi connectivity index (χ1) is 5.77. The van der Waals surface area contributed by atoms with E-state index in [-0.39, 0.29) is 6.17 Å². The largest absolute Gasteiger partial charge is 0.365 e. The molecule has 0 aromatic carbocycles. The van der Waals surface area contributed by atoms with Crippen LogP contribution in [0.3, 0.4) is 0 Å². The Morgan fingerprint density at radius 1 is 1.92 bits per heavy atom. The number of nitrogens with one attached hydrogen (secondary N) is 1. The van der Waals surface area contributed by atoms with Crippen LogP contribution in [0.1, 0.15) is 20.3 Å². The van der Waals surface area contributed by atoms with E-state index < -0.39 is 0 Å². The summed E-state index contributed by atoms with van der Waals surface area (Å²) in [5, 5.41) is 9.21. The predicted octanol–water partition coefficient (Wildman–Crippen LogP) is 1.11. The summed E-state index contributed by atoms with van der Waals surface area (Å²) in [6, 6.07) is 0. The third-order valence-corrected chi connectivity index (χ3v) is 1.60. The van der Waals surface area contributed by atoms with E-state index in [0.29, 0.717) is 6.42 Å². The van der Waals surface area contributed by atoms with Gasteiger partial charge in [0.15, 0.2) is 0 Å². The van der Waals surface area contributed by atoms with Crippen molar-refractivity contribution >= 4 is 6.21 Å². The lowest BCUT2D eigenvalue weighted by atomic mass is 10.3. The van der Waals surface area contributed by atoms with Gasteiger partial charge >= 0.3 is 0 Å². The summed E-state index contributed by atoms with van der Waals surface area (Å²) in [7, 11) is 0. The van der Waals surface area contributed by atoms with Crippen LogP contribution in [0.2, 0.25) is 0 Å². The van der Waals surface area contributed by atoms with Crippen LogP contribution in [0, 0.1) is 12.3 Å². The molecule has 0 fully saturated rings. The molecule has 0 saturated carbocycles. The number of terminal acetylenes is 1. The maximum Gasteiger partial charge on any atom is 0.131 e. The van der Waals surface area contributed by atoms with Gasteiger partial charge < -0.3 is 5.32 Å². The topological polar surface area (TPSA) is 27.6 Å². The molecule has 1 aliphatic rings. The molecule has 0 saturated heterocycles. The summed E-state index contributed by atoms with van der Waals surface area (Å²) in [6.45, 7) is 3.88. The molecule has 1 atom stereocenters. The average Bonchev–Trinajstić information content (AvgIpc) is 2.33. The van der Waals surface area contributed by atoms with Crippen molar-refractivity contribution in [1.29, 1.82) is 0 Å². The quantitative estimate of drug-likeness (QED) is 0.488. The van der Waals surface area contributed by atoms with Gasteiger partial charge in [-0.3, -0.25) is 0 Å². The van der Waals surface area contributed by atoms with Crippen LogP contribution in [0.5, 0.6) is 0 Å². The minimum absolute atomic E-state index is 0.131. The molecule has 3 nitrogen and oxygen atoms in total. The smallest absolute Gasteiger partial charge is 0.131 e. The predicted molar refractivity (Wildman–Crippen MR) is 50.1 cm³/mol. The highest BCUT2D eigenvalue weighted by molar-refractivity contribution is 5.52. The van der Waals surface area contributed by atoms with Crippen LogP contribution in [0.25, 0.3) is 0 Å². The lowest BCUT2D eigenvalue weighted by Gasteiger charge is -2.17. The molecule has 0 bridgehead atoms. The molecule has 1 heterocycles. The molecule has 0 aliphatic carbocycles. The Kier molecular flexibility index (Phi) is 2.76. The Labute approximate surface area is 73.1 Å². The number of nitrogens with zero attached hydrogens (tertiary/aromatic N) is 2. The first kappa shape index (κ1) is 8.66. The normalized spacial score (nSPS) is 22.2. The number of hydrazone groups is 1. The van der Waals surface area contributed by atoms with E-state index >= 15 is 0 Å². The Morgan fingerprint density at radius 2 is 2.67 bits per heavy atom. The van der Waals surface area contributed by atoms with Crippen molar-refractivity contribution in [2.75, 3.05) is 0 Å². The Morgan fingerprint density at radius 3 is 3.25 bits per heavy atom. The van der Waals surface area contributed by atoms with Crippen LogP contribution in [-0.4, -0.2) is 17.4 Å². The molecule has 0 spiro atoms. The van der Waals surface area contributed by atoms with E-state index in [0.717, 1.165) is 5.70 Å². The molecule has 1 aliphatic heterocycles. The second-order valence-electron chi connectivity index (χ2n) is 2.63. The maximum atomic E-state index is 5.22. The van der Waals surface area contributed by atoms with Gasteiger partial charge in [0.05, 0.1) is 0 Å². The lowest BCUT2D eigenvalue weighted by Crippen LogP contribution is -2.32. The number of allylic oxidation sites excluding steroid dienone is 1. The Bertz CT molecular complexity index is 247. The average molecular weight is 163 g/mol. The van der Waals surface area contributed by atoms with Crippen LogP contribution in [-0.2, 0) is 0 Å².